The van der Waals surface area contributed by atoms with Crippen LogP contribution in [0.5, 0.6) is 0 Å². The van der Waals surface area contributed by atoms with Crippen LogP contribution in [-0.2, 0) is 19.6 Å². The number of carboxylic acids is 1. The molecule has 1 saturated heterocycles. The summed E-state index contributed by atoms with van der Waals surface area (Å²) in [6.07, 6.45) is -0.151. The van der Waals surface area contributed by atoms with E-state index in [1.165, 1.54) is 13.2 Å². The van der Waals surface area contributed by atoms with Crippen LogP contribution in [-0.4, -0.2) is 43.7 Å². The van der Waals surface area contributed by atoms with E-state index in [-0.39, 0.29) is 11.4 Å². The predicted molar refractivity (Wildman–Crippen MR) is 86.0 cm³/mol. The van der Waals surface area contributed by atoms with E-state index in [4.69, 9.17) is 16.3 Å². The molecule has 1 aliphatic heterocycles. The summed E-state index contributed by atoms with van der Waals surface area (Å²) in [5.41, 5.74) is 1.17. The monoisotopic (exact) mass is 361 g/mol. The molecule has 23 heavy (non-hydrogen) atoms. The Balaban J connectivity index is 2.50. The van der Waals surface area contributed by atoms with Crippen LogP contribution in [0.1, 0.15) is 24.0 Å². The van der Waals surface area contributed by atoms with Crippen molar-refractivity contribution in [1.82, 2.24) is 4.31 Å². The molecule has 8 heteroatoms. The van der Waals surface area contributed by atoms with Gasteiger partial charge in [0, 0.05) is 18.7 Å². The molecule has 0 amide bonds. The van der Waals surface area contributed by atoms with Crippen molar-refractivity contribution in [3.05, 3.63) is 28.3 Å². The number of hydrogen-bond acceptors (Lipinski definition) is 4. The van der Waals surface area contributed by atoms with Gasteiger partial charge >= 0.3 is 5.97 Å². The molecule has 1 fully saturated rings. The van der Waals surface area contributed by atoms with Gasteiger partial charge in [0.25, 0.3) is 0 Å². The number of aliphatic carboxylic acids is 1. The number of benzene rings is 1. The van der Waals surface area contributed by atoms with Crippen LogP contribution < -0.4 is 0 Å². The highest BCUT2D eigenvalue weighted by molar-refractivity contribution is 7.89. The molecule has 1 aliphatic rings. The highest BCUT2D eigenvalue weighted by Gasteiger charge is 2.43. The van der Waals surface area contributed by atoms with Crippen LogP contribution in [0.4, 0.5) is 0 Å². The largest absolute Gasteiger partial charge is 0.481 e. The first-order chi connectivity index (χ1) is 10.7. The summed E-state index contributed by atoms with van der Waals surface area (Å²) < 4.78 is 32.4. The van der Waals surface area contributed by atoms with Crippen molar-refractivity contribution in [2.45, 2.75) is 37.8 Å². The summed E-state index contributed by atoms with van der Waals surface area (Å²) >= 11 is 6.03. The normalized spacial score (nSPS) is 23.0. The third-order valence-corrected chi connectivity index (χ3v) is 6.53. The molecule has 0 aliphatic carbocycles. The van der Waals surface area contributed by atoms with Crippen molar-refractivity contribution in [2.75, 3.05) is 13.7 Å². The van der Waals surface area contributed by atoms with Crippen LogP contribution in [0, 0.1) is 19.8 Å². The number of rotatable bonds is 4. The Labute approximate surface area is 141 Å². The van der Waals surface area contributed by atoms with E-state index in [0.717, 1.165) is 4.31 Å². The maximum absolute atomic E-state index is 13.0. The highest BCUT2D eigenvalue weighted by atomic mass is 35.5. The summed E-state index contributed by atoms with van der Waals surface area (Å²) in [6.45, 7) is 3.62. The number of halogens is 1. The number of ether oxygens (including phenoxy) is 1. The van der Waals surface area contributed by atoms with Crippen LogP contribution in [0.3, 0.4) is 0 Å². The highest BCUT2D eigenvalue weighted by Crippen LogP contribution is 2.32. The predicted octanol–water partition coefficient (Wildman–Crippen LogP) is 2.41. The molecular weight excluding hydrogens is 342 g/mol. The van der Waals surface area contributed by atoms with Gasteiger partial charge in [-0.05, 0) is 49.9 Å². The zero-order valence-corrected chi connectivity index (χ0v) is 14.8. The molecule has 2 unspecified atom stereocenters. The summed E-state index contributed by atoms with van der Waals surface area (Å²) in [4.78, 5) is 11.5. The van der Waals surface area contributed by atoms with Gasteiger partial charge in [0.1, 0.15) is 6.23 Å². The number of sulfonamides is 1. The number of aryl methyl sites for hydroxylation is 2. The molecule has 0 spiro atoms. The van der Waals surface area contributed by atoms with Gasteiger partial charge < -0.3 is 9.84 Å². The minimum atomic E-state index is -3.87. The molecule has 0 radical (unpaired) electrons. The van der Waals surface area contributed by atoms with Gasteiger partial charge in [-0.3, -0.25) is 4.79 Å². The molecule has 1 aromatic carbocycles. The number of hydrogen-bond donors (Lipinski definition) is 1. The fourth-order valence-corrected chi connectivity index (χ4v) is 5.02. The molecule has 2 rings (SSSR count). The fourth-order valence-electron chi connectivity index (χ4n) is 2.88. The first kappa shape index (κ1) is 18.2. The molecule has 1 aromatic rings. The van der Waals surface area contributed by atoms with E-state index in [2.05, 4.69) is 0 Å². The molecule has 1 heterocycles. The SMILES string of the molecule is COC1C(C(=O)O)CCCN1S(=O)(=O)c1cc(C)c(Cl)cc1C. The Kier molecular flexibility index (Phi) is 5.35. The van der Waals surface area contributed by atoms with E-state index < -0.39 is 28.1 Å². The Bertz CT molecular complexity index is 719. The van der Waals surface area contributed by atoms with Crippen molar-refractivity contribution in [2.24, 2.45) is 5.92 Å². The molecule has 6 nitrogen and oxygen atoms in total. The van der Waals surface area contributed by atoms with Crippen molar-refractivity contribution < 1.29 is 23.1 Å². The Morgan fingerprint density at radius 2 is 2.00 bits per heavy atom. The lowest BCUT2D eigenvalue weighted by Crippen LogP contribution is -2.51. The second-order valence-corrected chi connectivity index (χ2v) is 7.96. The molecule has 128 valence electrons. The Hall–Kier alpha value is -1.15. The molecular formula is C15H20ClNO5S. The Morgan fingerprint density at radius 3 is 2.57 bits per heavy atom. The van der Waals surface area contributed by atoms with Crippen LogP contribution >= 0.6 is 11.6 Å². The lowest BCUT2D eigenvalue weighted by molar-refractivity contribution is -0.154. The third kappa shape index (κ3) is 3.38. The van der Waals surface area contributed by atoms with E-state index in [1.807, 2.05) is 0 Å². The summed E-state index contributed by atoms with van der Waals surface area (Å²) in [5.74, 6) is -1.93. The first-order valence-electron chi connectivity index (χ1n) is 7.24. The second kappa shape index (κ2) is 6.76. The van der Waals surface area contributed by atoms with Crippen molar-refractivity contribution in [1.29, 1.82) is 0 Å². The quantitative estimate of drug-likeness (QED) is 0.890. The smallest absolute Gasteiger partial charge is 0.310 e. The minimum absolute atomic E-state index is 0.132. The van der Waals surface area contributed by atoms with Gasteiger partial charge in [-0.2, -0.15) is 4.31 Å². The minimum Gasteiger partial charge on any atom is -0.481 e. The summed E-state index contributed by atoms with van der Waals surface area (Å²) in [6, 6.07) is 3.12. The molecule has 0 saturated carbocycles. The van der Waals surface area contributed by atoms with E-state index in [1.54, 1.807) is 19.9 Å². The van der Waals surface area contributed by atoms with Gasteiger partial charge in [0.15, 0.2) is 0 Å². The van der Waals surface area contributed by atoms with Crippen molar-refractivity contribution in [3.8, 4) is 0 Å². The molecule has 2 atom stereocenters. The Morgan fingerprint density at radius 1 is 1.35 bits per heavy atom. The lowest BCUT2D eigenvalue weighted by atomic mass is 9.98. The van der Waals surface area contributed by atoms with E-state index >= 15 is 0 Å². The van der Waals surface area contributed by atoms with Gasteiger partial charge in [0.05, 0.1) is 10.8 Å². The average molecular weight is 362 g/mol. The van der Waals surface area contributed by atoms with Crippen LogP contribution in [0.25, 0.3) is 0 Å². The second-order valence-electron chi connectivity index (χ2n) is 5.70. The standard InChI is InChI=1S/C15H20ClNO5S/c1-9-8-13(10(2)7-12(9)16)23(20,21)17-6-4-5-11(15(18)19)14(17)22-3/h7-8,11,14H,4-6H2,1-3H3,(H,18,19). The summed E-state index contributed by atoms with van der Waals surface area (Å²) in [5, 5.41) is 9.80. The van der Waals surface area contributed by atoms with Gasteiger partial charge in [-0.25, -0.2) is 8.42 Å². The molecule has 0 aromatic heterocycles. The fraction of sp³-hybridized carbons (Fsp3) is 0.533. The maximum Gasteiger partial charge on any atom is 0.310 e. The number of methoxy groups -OCH3 is 1. The number of carboxylic acid groups (broad SMARTS) is 1. The third-order valence-electron chi connectivity index (χ3n) is 4.12. The van der Waals surface area contributed by atoms with E-state index in [9.17, 15) is 18.3 Å². The lowest BCUT2D eigenvalue weighted by Gasteiger charge is -2.37. The van der Waals surface area contributed by atoms with Gasteiger partial charge in [-0.1, -0.05) is 11.6 Å². The number of carbonyl (C=O) groups is 1. The zero-order valence-electron chi connectivity index (χ0n) is 13.2. The van der Waals surface area contributed by atoms with Crippen molar-refractivity contribution >= 4 is 27.6 Å². The maximum atomic E-state index is 13.0. The average Bonchev–Trinajstić information content (AvgIpc) is 2.49. The summed E-state index contributed by atoms with van der Waals surface area (Å²) in [7, 11) is -2.55. The van der Waals surface area contributed by atoms with Crippen LogP contribution in [0.2, 0.25) is 5.02 Å². The van der Waals surface area contributed by atoms with Gasteiger partial charge in [-0.15, -0.1) is 0 Å². The topological polar surface area (TPSA) is 83.9 Å². The van der Waals surface area contributed by atoms with Crippen LogP contribution in [0.15, 0.2) is 17.0 Å². The number of piperidine rings is 1. The number of nitrogens with zero attached hydrogens (tertiary/aromatic N) is 1. The van der Waals surface area contributed by atoms with E-state index in [0.29, 0.717) is 29.0 Å². The van der Waals surface area contributed by atoms with Gasteiger partial charge in [0.2, 0.25) is 10.0 Å². The molecule has 1 N–H and O–H groups in total. The zero-order chi connectivity index (χ0) is 17.4. The molecule has 0 bridgehead atoms. The first-order valence-corrected chi connectivity index (χ1v) is 9.06. The van der Waals surface area contributed by atoms with Crippen molar-refractivity contribution in [3.63, 3.8) is 0 Å².